The summed E-state index contributed by atoms with van der Waals surface area (Å²) in [6, 6.07) is 4.84. The Morgan fingerprint density at radius 3 is 3.13 bits per heavy atom. The number of ether oxygens (including phenoxy) is 2. The second-order valence-electron chi connectivity index (χ2n) is 3.40. The highest BCUT2D eigenvalue weighted by Gasteiger charge is 2.23. The smallest absolute Gasteiger partial charge is 0.368 e. The number of benzene rings is 1. The van der Waals surface area contributed by atoms with E-state index >= 15 is 0 Å². The van der Waals surface area contributed by atoms with Crippen molar-refractivity contribution in [1.29, 1.82) is 0 Å². The lowest BCUT2D eigenvalue weighted by Crippen LogP contribution is -2.24. The van der Waals surface area contributed by atoms with Gasteiger partial charge in [-0.15, -0.1) is 0 Å². The topological polar surface area (TPSA) is 63.5 Å². The molecule has 0 aromatic heterocycles. The van der Waals surface area contributed by atoms with Gasteiger partial charge in [-0.3, -0.25) is 0 Å². The second-order valence-corrected chi connectivity index (χ2v) is 3.40. The molecule has 0 aliphatic carbocycles. The molecular weight excluding hydrogens is 196 g/mol. The Kier molecular flexibility index (Phi) is 1.78. The van der Waals surface area contributed by atoms with E-state index in [1.165, 1.54) is 0 Å². The van der Waals surface area contributed by atoms with Gasteiger partial charge in [0.2, 0.25) is 0 Å². The van der Waals surface area contributed by atoms with Gasteiger partial charge in [-0.25, -0.2) is 4.79 Å². The zero-order valence-electron chi connectivity index (χ0n) is 7.84. The Bertz CT molecular complexity index is 534. The summed E-state index contributed by atoms with van der Waals surface area (Å²) in [7, 11) is 0. The standard InChI is InChI=1S/C10H8N2O3/c13-10-11-7-2-1-3-8(9(7)12-10)15-5-6-4-14-6/h1-3,6H,4-5H2/t6-/m0/s1. The highest BCUT2D eigenvalue weighted by Crippen LogP contribution is 2.11. The number of carbonyl (C=O) groups excluding carboxylic acids is 1. The first-order valence-electron chi connectivity index (χ1n) is 4.68. The number of nitrogens with zero attached hydrogens (tertiary/aromatic N) is 2. The summed E-state index contributed by atoms with van der Waals surface area (Å²) in [4.78, 5) is 18.5. The number of fused-ring (bicyclic) bond motifs is 1. The molecule has 2 heterocycles. The van der Waals surface area contributed by atoms with Gasteiger partial charge in [0.15, 0.2) is 0 Å². The van der Waals surface area contributed by atoms with Crippen LogP contribution in [0, 0.1) is 0 Å². The monoisotopic (exact) mass is 204 g/mol. The third kappa shape index (κ3) is 1.61. The lowest BCUT2D eigenvalue weighted by Gasteiger charge is -2.02. The minimum Gasteiger partial charge on any atom is -0.488 e. The van der Waals surface area contributed by atoms with E-state index in [1.54, 1.807) is 18.2 Å². The fraction of sp³-hybridized carbons (Fsp3) is 0.300. The van der Waals surface area contributed by atoms with Crippen molar-refractivity contribution in [2.75, 3.05) is 13.2 Å². The van der Waals surface area contributed by atoms with Crippen LogP contribution in [0.5, 0.6) is 5.75 Å². The summed E-state index contributed by atoms with van der Waals surface area (Å²) in [6.07, 6.45) is 0.190. The Morgan fingerprint density at radius 2 is 2.33 bits per heavy atom. The zero-order valence-corrected chi connectivity index (χ0v) is 7.84. The number of hydrogen-bond donors (Lipinski definition) is 0. The van der Waals surface area contributed by atoms with E-state index < -0.39 is 6.03 Å². The lowest BCUT2D eigenvalue weighted by molar-refractivity contribution is 0.255. The number of para-hydroxylation sites is 1. The third-order valence-electron chi connectivity index (χ3n) is 2.23. The largest absolute Gasteiger partial charge is 0.488 e. The van der Waals surface area contributed by atoms with E-state index in [2.05, 4.69) is 9.98 Å². The maximum Gasteiger partial charge on any atom is 0.368 e. The van der Waals surface area contributed by atoms with Crippen molar-refractivity contribution in [2.24, 2.45) is 9.98 Å². The lowest BCUT2D eigenvalue weighted by atomic mass is 10.3. The maximum absolute atomic E-state index is 11.0. The van der Waals surface area contributed by atoms with Gasteiger partial charge in [-0.2, -0.15) is 9.98 Å². The molecule has 1 fully saturated rings. The molecule has 0 bridgehead atoms. The van der Waals surface area contributed by atoms with Crippen molar-refractivity contribution in [3.8, 4) is 5.75 Å². The molecule has 1 aromatic carbocycles. The fourth-order valence-corrected chi connectivity index (χ4v) is 1.40. The number of hydrogen-bond acceptors (Lipinski definition) is 3. The Labute approximate surface area is 85.1 Å². The average Bonchev–Trinajstić information content (AvgIpc) is 2.96. The number of rotatable bonds is 3. The summed E-state index contributed by atoms with van der Waals surface area (Å²) in [5.74, 6) is 0.595. The number of epoxide rings is 1. The van der Waals surface area contributed by atoms with E-state index in [1.807, 2.05) is 0 Å². The van der Waals surface area contributed by atoms with Crippen LogP contribution < -0.4 is 15.5 Å². The van der Waals surface area contributed by atoms with Crippen LogP contribution in [0.25, 0.3) is 0 Å². The molecule has 2 aliphatic rings. The van der Waals surface area contributed by atoms with Crippen molar-refractivity contribution in [3.05, 3.63) is 28.9 Å². The van der Waals surface area contributed by atoms with Crippen molar-refractivity contribution in [3.63, 3.8) is 0 Å². The summed E-state index contributed by atoms with van der Waals surface area (Å²) in [5.41, 5.74) is 0. The van der Waals surface area contributed by atoms with Crippen LogP contribution in [-0.2, 0) is 4.74 Å². The minimum absolute atomic E-state index is 0.190. The molecule has 3 rings (SSSR count). The Balaban J connectivity index is 1.96. The van der Waals surface area contributed by atoms with Gasteiger partial charge >= 0.3 is 6.03 Å². The number of amides is 2. The van der Waals surface area contributed by atoms with E-state index in [4.69, 9.17) is 9.47 Å². The van der Waals surface area contributed by atoms with E-state index in [-0.39, 0.29) is 6.10 Å². The second kappa shape index (κ2) is 3.13. The molecule has 76 valence electrons. The summed E-state index contributed by atoms with van der Waals surface area (Å²) >= 11 is 0. The van der Waals surface area contributed by atoms with Crippen LogP contribution in [0.2, 0.25) is 0 Å². The molecule has 0 unspecified atom stereocenters. The van der Waals surface area contributed by atoms with Crippen LogP contribution >= 0.6 is 0 Å². The predicted molar refractivity (Wildman–Crippen MR) is 49.4 cm³/mol. The third-order valence-corrected chi connectivity index (χ3v) is 2.23. The van der Waals surface area contributed by atoms with Gasteiger partial charge in [-0.1, -0.05) is 6.07 Å². The van der Waals surface area contributed by atoms with Gasteiger partial charge in [0, 0.05) is 0 Å². The molecule has 1 aromatic rings. The molecular formula is C10H8N2O3. The van der Waals surface area contributed by atoms with Crippen LogP contribution in [0.4, 0.5) is 4.79 Å². The highest BCUT2D eigenvalue weighted by atomic mass is 16.6. The van der Waals surface area contributed by atoms with Crippen LogP contribution in [0.1, 0.15) is 0 Å². The van der Waals surface area contributed by atoms with Crippen molar-refractivity contribution in [1.82, 2.24) is 0 Å². The quantitative estimate of drug-likeness (QED) is 0.642. The summed E-state index contributed by atoms with van der Waals surface area (Å²) in [5, 5.41) is 1.11. The van der Waals surface area contributed by atoms with Gasteiger partial charge in [-0.05, 0) is 12.1 Å². The molecule has 15 heavy (non-hydrogen) atoms. The molecule has 2 amide bonds. The van der Waals surface area contributed by atoms with E-state index in [0.717, 1.165) is 6.61 Å². The zero-order chi connectivity index (χ0) is 10.3. The molecule has 0 N–H and O–H groups in total. The van der Waals surface area contributed by atoms with E-state index in [9.17, 15) is 4.79 Å². The van der Waals surface area contributed by atoms with Crippen molar-refractivity contribution >= 4 is 6.03 Å². The number of urea groups is 1. The molecule has 0 saturated carbocycles. The molecule has 1 saturated heterocycles. The van der Waals surface area contributed by atoms with Crippen molar-refractivity contribution < 1.29 is 14.3 Å². The van der Waals surface area contributed by atoms with Gasteiger partial charge < -0.3 is 9.47 Å². The average molecular weight is 204 g/mol. The van der Waals surface area contributed by atoms with Gasteiger partial charge in [0.05, 0.1) is 12.0 Å². The van der Waals surface area contributed by atoms with Gasteiger partial charge in [0.1, 0.15) is 23.8 Å². The first-order chi connectivity index (χ1) is 7.33. The minimum atomic E-state index is -0.469. The van der Waals surface area contributed by atoms with Crippen LogP contribution in [-0.4, -0.2) is 25.3 Å². The number of carbonyl (C=O) groups is 1. The SMILES string of the molecule is O=C1N=c2cccc(OC[C@@H]3CO3)c2=N1. The highest BCUT2D eigenvalue weighted by molar-refractivity contribution is 5.77. The maximum atomic E-state index is 11.0. The molecule has 5 nitrogen and oxygen atoms in total. The van der Waals surface area contributed by atoms with Crippen LogP contribution in [0.3, 0.4) is 0 Å². The first-order valence-corrected chi connectivity index (χ1v) is 4.68. The normalized spacial score (nSPS) is 21.6. The molecule has 0 radical (unpaired) electrons. The summed E-state index contributed by atoms with van der Waals surface area (Å²) in [6.45, 7) is 1.25. The predicted octanol–water partition coefficient (Wildman–Crippen LogP) is -0.163. The first kappa shape index (κ1) is 8.55. The van der Waals surface area contributed by atoms with Gasteiger partial charge in [0.25, 0.3) is 0 Å². The van der Waals surface area contributed by atoms with Crippen LogP contribution in [0.15, 0.2) is 28.2 Å². The fourth-order valence-electron chi connectivity index (χ4n) is 1.40. The summed E-state index contributed by atoms with van der Waals surface area (Å²) < 4.78 is 10.5. The molecule has 5 heteroatoms. The van der Waals surface area contributed by atoms with E-state index in [0.29, 0.717) is 23.1 Å². The van der Waals surface area contributed by atoms with Crippen molar-refractivity contribution in [2.45, 2.75) is 6.10 Å². The Hall–Kier alpha value is -1.75. The Morgan fingerprint density at radius 1 is 1.47 bits per heavy atom. The molecule has 2 aliphatic heterocycles. The molecule has 0 spiro atoms. The molecule has 1 atom stereocenters.